The zero-order valence-corrected chi connectivity index (χ0v) is 30.5. The van der Waals surface area contributed by atoms with Gasteiger partial charge in [-0.2, -0.15) is 19.8 Å². The van der Waals surface area contributed by atoms with E-state index < -0.39 is 6.03 Å². The molecule has 2 saturated heterocycles. The number of amides is 4. The van der Waals surface area contributed by atoms with Crippen molar-refractivity contribution in [2.75, 3.05) is 61.5 Å². The van der Waals surface area contributed by atoms with Crippen LogP contribution in [0.2, 0.25) is 0 Å². The average molecular weight is 733 g/mol. The van der Waals surface area contributed by atoms with Crippen molar-refractivity contribution < 1.29 is 19.1 Å². The summed E-state index contributed by atoms with van der Waals surface area (Å²) in [6.07, 6.45) is 12.1. The number of nitrogens with one attached hydrogen (secondary N) is 3. The van der Waals surface area contributed by atoms with Crippen molar-refractivity contribution in [1.29, 1.82) is 0 Å². The van der Waals surface area contributed by atoms with Gasteiger partial charge in [-0.1, -0.05) is 25.3 Å². The Bertz CT molecular complexity index is 2320. The number of benzene rings is 2. The summed E-state index contributed by atoms with van der Waals surface area (Å²) in [5, 5.41) is 22.6. The number of piperazine rings is 1. The first-order valence-electron chi connectivity index (χ1n) is 18.5. The summed E-state index contributed by atoms with van der Waals surface area (Å²) in [4.78, 5) is 47.4. The Morgan fingerprint density at radius 1 is 1.00 bits per heavy atom. The summed E-state index contributed by atoms with van der Waals surface area (Å²) >= 11 is 0. The third kappa shape index (κ3) is 7.03. The van der Waals surface area contributed by atoms with Crippen molar-refractivity contribution in [2.45, 2.75) is 38.5 Å². The Morgan fingerprint density at radius 2 is 1.83 bits per heavy atom. The molecular weight excluding hydrogens is 688 g/mol. The molecule has 4 aromatic heterocycles. The molecule has 0 radical (unpaired) electrons. The second-order valence-electron chi connectivity index (χ2n) is 14.1. The smallest absolute Gasteiger partial charge is 0.329 e. The molecule has 3 N–H and O–H groups in total. The van der Waals surface area contributed by atoms with Crippen molar-refractivity contribution in [1.82, 2.24) is 44.8 Å². The number of para-hydroxylation sites is 1. The molecule has 0 bridgehead atoms. The Balaban J connectivity index is 0.000000160. The van der Waals surface area contributed by atoms with Crippen molar-refractivity contribution >= 4 is 62.6 Å². The highest BCUT2D eigenvalue weighted by molar-refractivity contribution is 6.10. The van der Waals surface area contributed by atoms with Crippen LogP contribution in [0.15, 0.2) is 61.1 Å². The fraction of sp³-hybridized carbons (Fsp3) is 0.395. The number of H-pyrrole nitrogens is 1. The van der Waals surface area contributed by atoms with Crippen LogP contribution in [-0.2, 0) is 11.8 Å². The number of fused-ring (bicyclic) bond motifs is 3. The minimum absolute atomic E-state index is 0.228. The number of imide groups is 1. The van der Waals surface area contributed by atoms with E-state index in [0.717, 1.165) is 53.9 Å². The number of hydrogen-bond acceptors (Lipinski definition) is 10. The average Bonchev–Trinajstić information content (AvgIpc) is 3.92. The standard InChI is InChI=1S/C23H32N6O2.C15H12N6O2/c1-26-21-18(22(25-26)29-11-10-20(30)24-23(29)31)8-5-9-19(21)28-14-12-27(13-15-28)16-17-6-3-2-4-7-17;1-23-12-6-11-9(7-17-20-11)5-10(12)15(22)19-14-8-16-13-3-2-4-18-21(13)14/h5,8-9,17H,2-4,6-7,10-16H2,1H3,(H,24,30,31);2-8H,1H3,(H,17,20)(H,19,22). The quantitative estimate of drug-likeness (QED) is 0.211. The fourth-order valence-electron chi connectivity index (χ4n) is 7.84. The molecule has 16 nitrogen and oxygen atoms in total. The molecule has 0 unspecified atom stereocenters. The fourth-order valence-corrected chi connectivity index (χ4v) is 7.84. The third-order valence-corrected chi connectivity index (χ3v) is 10.6. The summed E-state index contributed by atoms with van der Waals surface area (Å²) < 4.78 is 8.73. The van der Waals surface area contributed by atoms with Crippen LogP contribution >= 0.6 is 0 Å². The monoisotopic (exact) mass is 732 g/mol. The van der Waals surface area contributed by atoms with E-state index in [1.54, 1.807) is 52.3 Å². The van der Waals surface area contributed by atoms with Gasteiger partial charge in [-0.25, -0.2) is 9.78 Å². The van der Waals surface area contributed by atoms with Crippen molar-refractivity contribution in [3.8, 4) is 5.75 Å². The minimum atomic E-state index is -0.391. The number of anilines is 3. The molecule has 2 aromatic carbocycles. The number of carbonyl (C=O) groups excluding carboxylic acids is 3. The minimum Gasteiger partial charge on any atom is -0.496 e. The van der Waals surface area contributed by atoms with E-state index in [-0.39, 0.29) is 11.8 Å². The lowest BCUT2D eigenvalue weighted by Crippen LogP contribution is -2.49. The zero-order chi connectivity index (χ0) is 37.2. The molecule has 0 spiro atoms. The summed E-state index contributed by atoms with van der Waals surface area (Å²) in [5.74, 6) is 1.91. The Morgan fingerprint density at radius 3 is 2.63 bits per heavy atom. The molecule has 2 aliphatic heterocycles. The topological polar surface area (TPSA) is 171 Å². The second-order valence-corrected chi connectivity index (χ2v) is 14.1. The highest BCUT2D eigenvalue weighted by Gasteiger charge is 2.30. The van der Waals surface area contributed by atoms with Gasteiger partial charge in [0.05, 0.1) is 41.8 Å². The van der Waals surface area contributed by atoms with E-state index in [9.17, 15) is 14.4 Å². The van der Waals surface area contributed by atoms with Gasteiger partial charge in [0.25, 0.3) is 5.91 Å². The number of ether oxygens (including phenoxy) is 1. The van der Waals surface area contributed by atoms with E-state index in [2.05, 4.69) is 51.9 Å². The summed E-state index contributed by atoms with van der Waals surface area (Å²) in [7, 11) is 3.45. The summed E-state index contributed by atoms with van der Waals surface area (Å²) in [6, 6.07) is 12.9. The first-order chi connectivity index (χ1) is 26.4. The summed E-state index contributed by atoms with van der Waals surface area (Å²) in [6.45, 7) is 5.80. The molecule has 6 heterocycles. The van der Waals surface area contributed by atoms with Gasteiger partial charge in [0.2, 0.25) is 5.91 Å². The first-order valence-corrected chi connectivity index (χ1v) is 18.5. The van der Waals surface area contributed by atoms with Gasteiger partial charge in [-0.05, 0) is 49.1 Å². The first kappa shape index (κ1) is 35.0. The SMILES string of the molecule is COc1cc2[nH]ncc2cc1C(=O)Nc1cnc2cccnn12.Cn1nc(N2CCC(=O)NC2=O)c2cccc(N3CCN(CC4CCCCC4)CC3)c21. The molecule has 1 aliphatic carbocycles. The molecule has 9 rings (SSSR count). The molecule has 16 heteroatoms. The van der Waals surface area contributed by atoms with E-state index in [0.29, 0.717) is 41.6 Å². The van der Waals surface area contributed by atoms with Gasteiger partial charge in [-0.3, -0.25) is 34.5 Å². The molecule has 1 saturated carbocycles. The predicted molar refractivity (Wildman–Crippen MR) is 205 cm³/mol. The number of nitrogens with zero attached hydrogens (tertiary/aromatic N) is 9. The number of aryl methyl sites for hydroxylation is 1. The number of urea groups is 1. The van der Waals surface area contributed by atoms with Gasteiger partial charge in [0.15, 0.2) is 17.3 Å². The van der Waals surface area contributed by atoms with E-state index in [1.807, 2.05) is 23.9 Å². The Labute approximate surface area is 311 Å². The van der Waals surface area contributed by atoms with E-state index in [4.69, 9.17) is 4.74 Å². The Hall–Kier alpha value is -6.03. The molecule has 54 heavy (non-hydrogen) atoms. The lowest BCUT2D eigenvalue weighted by Gasteiger charge is -2.38. The normalized spacial score (nSPS) is 17.1. The molecular formula is C38H44N12O4. The third-order valence-electron chi connectivity index (χ3n) is 10.6. The highest BCUT2D eigenvalue weighted by atomic mass is 16.5. The Kier molecular flexibility index (Phi) is 9.82. The molecule has 6 aromatic rings. The lowest BCUT2D eigenvalue weighted by atomic mass is 9.89. The van der Waals surface area contributed by atoms with Crippen LogP contribution in [0, 0.1) is 5.92 Å². The molecule has 3 fully saturated rings. The number of aromatic nitrogens is 7. The largest absolute Gasteiger partial charge is 0.496 e. The second kappa shape index (κ2) is 15.1. The van der Waals surface area contributed by atoms with Crippen LogP contribution in [0.25, 0.3) is 27.5 Å². The van der Waals surface area contributed by atoms with Gasteiger partial charge in [-0.15, -0.1) is 0 Å². The number of methoxy groups -OCH3 is 1. The number of carbonyl (C=O) groups is 3. The van der Waals surface area contributed by atoms with Gasteiger partial charge in [0.1, 0.15) is 5.75 Å². The van der Waals surface area contributed by atoms with E-state index in [1.165, 1.54) is 51.4 Å². The van der Waals surface area contributed by atoms with Gasteiger partial charge < -0.3 is 15.0 Å². The van der Waals surface area contributed by atoms with Crippen LogP contribution < -0.4 is 25.2 Å². The van der Waals surface area contributed by atoms with Crippen LogP contribution in [0.5, 0.6) is 5.75 Å². The maximum atomic E-state index is 12.6. The maximum Gasteiger partial charge on any atom is 0.329 e. The number of rotatable bonds is 7. The number of imidazole rings is 1. The van der Waals surface area contributed by atoms with Crippen molar-refractivity contribution in [2.24, 2.45) is 13.0 Å². The number of aromatic amines is 1. The molecule has 280 valence electrons. The molecule has 0 atom stereocenters. The predicted octanol–water partition coefficient (Wildman–Crippen LogP) is 4.59. The highest BCUT2D eigenvalue weighted by Crippen LogP contribution is 2.34. The van der Waals surface area contributed by atoms with Crippen molar-refractivity contribution in [3.63, 3.8) is 0 Å². The zero-order valence-electron chi connectivity index (χ0n) is 30.5. The van der Waals surface area contributed by atoms with Crippen LogP contribution in [0.4, 0.5) is 22.1 Å². The summed E-state index contributed by atoms with van der Waals surface area (Å²) in [5.41, 5.74) is 4.08. The van der Waals surface area contributed by atoms with Gasteiger partial charge >= 0.3 is 6.03 Å². The van der Waals surface area contributed by atoms with Gasteiger partial charge in [0, 0.05) is 75.8 Å². The number of hydrogen-bond donors (Lipinski definition) is 3. The maximum absolute atomic E-state index is 12.6. The van der Waals surface area contributed by atoms with Crippen LogP contribution in [-0.4, -0.2) is 104 Å². The lowest BCUT2D eigenvalue weighted by molar-refractivity contribution is -0.120. The van der Waals surface area contributed by atoms with Crippen LogP contribution in [0.3, 0.4) is 0 Å². The van der Waals surface area contributed by atoms with Crippen LogP contribution in [0.1, 0.15) is 48.9 Å². The molecule has 4 amide bonds. The van der Waals surface area contributed by atoms with Crippen molar-refractivity contribution in [3.05, 3.63) is 66.6 Å². The molecule has 3 aliphatic rings. The van der Waals surface area contributed by atoms with E-state index >= 15 is 0 Å².